The summed E-state index contributed by atoms with van der Waals surface area (Å²) in [5.74, 6) is 0.647. The molecule has 2 N–H and O–H groups in total. The number of guanidine groups is 1. The molecule has 1 aromatic carbocycles. The van der Waals surface area contributed by atoms with Gasteiger partial charge in [-0.05, 0) is 32.8 Å². The fourth-order valence-electron chi connectivity index (χ4n) is 3.07. The molecule has 1 aliphatic rings. The molecule has 1 aliphatic heterocycles. The number of hydrogen-bond donors (Lipinski definition) is 2. The van der Waals surface area contributed by atoms with Crippen molar-refractivity contribution in [2.75, 3.05) is 38.5 Å². The van der Waals surface area contributed by atoms with Gasteiger partial charge in [-0.15, -0.1) is 24.0 Å². The van der Waals surface area contributed by atoms with Crippen LogP contribution in [0.25, 0.3) is 0 Å². The molecule has 1 aromatic rings. The fraction of sp³-hybridized carbons (Fsp3) is 0.632. The third kappa shape index (κ3) is 8.62. The molecule has 1 fully saturated rings. The van der Waals surface area contributed by atoms with Gasteiger partial charge in [-0.2, -0.15) is 4.31 Å². The molecule has 2 atom stereocenters. The molecule has 0 aliphatic carbocycles. The van der Waals surface area contributed by atoms with Crippen molar-refractivity contribution in [3.05, 3.63) is 35.9 Å². The van der Waals surface area contributed by atoms with Crippen LogP contribution in [0.3, 0.4) is 0 Å². The molecule has 2 rings (SSSR count). The van der Waals surface area contributed by atoms with Crippen LogP contribution >= 0.6 is 24.0 Å². The second-order valence-corrected chi connectivity index (χ2v) is 8.90. The molecule has 0 saturated carbocycles. The highest BCUT2D eigenvalue weighted by Gasteiger charge is 2.30. The monoisotopic (exact) mass is 524 g/mol. The first-order valence-corrected chi connectivity index (χ1v) is 11.2. The summed E-state index contributed by atoms with van der Waals surface area (Å²) in [6.45, 7) is 8.29. The normalized spacial score (nSPS) is 21.0. The van der Waals surface area contributed by atoms with Gasteiger partial charge in [-0.25, -0.2) is 8.42 Å². The van der Waals surface area contributed by atoms with Crippen molar-refractivity contribution in [1.82, 2.24) is 14.9 Å². The van der Waals surface area contributed by atoms with Crippen LogP contribution in [0.1, 0.15) is 26.3 Å². The summed E-state index contributed by atoms with van der Waals surface area (Å²) in [5.41, 5.74) is 1.25. The Morgan fingerprint density at radius 3 is 2.43 bits per heavy atom. The van der Waals surface area contributed by atoms with Gasteiger partial charge in [-0.1, -0.05) is 30.3 Å². The Labute approximate surface area is 186 Å². The Bertz CT molecular complexity index is 690. The Balaban J connectivity index is 0.00000392. The van der Waals surface area contributed by atoms with Gasteiger partial charge < -0.3 is 15.4 Å². The molecule has 0 bridgehead atoms. The number of ether oxygens (including phenoxy) is 1. The number of rotatable bonds is 8. The zero-order chi connectivity index (χ0) is 19.7. The summed E-state index contributed by atoms with van der Waals surface area (Å²) in [6, 6.07) is 10.2. The Morgan fingerprint density at radius 2 is 1.82 bits per heavy atom. The second-order valence-electron chi connectivity index (χ2n) is 6.81. The molecule has 7 nitrogen and oxygen atoms in total. The summed E-state index contributed by atoms with van der Waals surface area (Å²) in [5, 5.41) is 6.42. The highest BCUT2D eigenvalue weighted by molar-refractivity contribution is 14.0. The lowest BCUT2D eigenvalue weighted by molar-refractivity contribution is -0.0440. The van der Waals surface area contributed by atoms with Crippen molar-refractivity contribution in [3.8, 4) is 0 Å². The SMILES string of the molecule is CCNC(=NCCS(=O)(=O)N1CC(C)OC(C)C1)NCCc1ccccc1.I. The van der Waals surface area contributed by atoms with Gasteiger partial charge in [0.15, 0.2) is 5.96 Å². The van der Waals surface area contributed by atoms with E-state index in [1.165, 1.54) is 9.87 Å². The zero-order valence-corrected chi connectivity index (χ0v) is 20.1. The average molecular weight is 524 g/mol. The number of morpholine rings is 1. The molecule has 0 amide bonds. The molecule has 28 heavy (non-hydrogen) atoms. The third-order valence-corrected chi connectivity index (χ3v) is 6.08. The van der Waals surface area contributed by atoms with Gasteiger partial charge in [-0.3, -0.25) is 4.99 Å². The van der Waals surface area contributed by atoms with E-state index in [-0.39, 0.29) is 48.5 Å². The molecular weight excluding hydrogens is 491 g/mol. The molecule has 0 radical (unpaired) electrons. The zero-order valence-electron chi connectivity index (χ0n) is 16.9. The summed E-state index contributed by atoms with van der Waals surface area (Å²) in [6.07, 6.45) is 0.723. The van der Waals surface area contributed by atoms with Gasteiger partial charge in [0.2, 0.25) is 10.0 Å². The van der Waals surface area contributed by atoms with Crippen molar-refractivity contribution < 1.29 is 13.2 Å². The van der Waals surface area contributed by atoms with Crippen LogP contribution in [0.4, 0.5) is 0 Å². The van der Waals surface area contributed by atoms with Crippen LogP contribution in [0.5, 0.6) is 0 Å². The predicted octanol–water partition coefficient (Wildman–Crippen LogP) is 1.84. The topological polar surface area (TPSA) is 83.0 Å². The molecular formula is C19H33IN4O3S. The Morgan fingerprint density at radius 1 is 1.18 bits per heavy atom. The van der Waals surface area contributed by atoms with Gasteiger partial charge in [0.25, 0.3) is 0 Å². The number of benzene rings is 1. The van der Waals surface area contributed by atoms with Crippen LogP contribution in [-0.2, 0) is 21.2 Å². The first-order chi connectivity index (χ1) is 12.9. The smallest absolute Gasteiger partial charge is 0.216 e. The van der Waals surface area contributed by atoms with Crippen molar-refractivity contribution in [2.24, 2.45) is 4.99 Å². The molecule has 1 heterocycles. The largest absolute Gasteiger partial charge is 0.373 e. The number of nitrogens with zero attached hydrogens (tertiary/aromatic N) is 2. The highest BCUT2D eigenvalue weighted by Crippen LogP contribution is 2.14. The van der Waals surface area contributed by atoms with Crippen LogP contribution in [-0.4, -0.2) is 69.4 Å². The average Bonchev–Trinajstić information content (AvgIpc) is 2.62. The third-order valence-electron chi connectivity index (χ3n) is 4.29. The Kier molecular flexibility index (Phi) is 11.3. The van der Waals surface area contributed by atoms with Gasteiger partial charge in [0, 0.05) is 26.2 Å². The predicted molar refractivity (Wildman–Crippen MR) is 125 cm³/mol. The van der Waals surface area contributed by atoms with Crippen LogP contribution in [0, 0.1) is 0 Å². The maximum absolute atomic E-state index is 12.6. The first kappa shape index (κ1) is 25.1. The first-order valence-electron chi connectivity index (χ1n) is 9.60. The molecule has 160 valence electrons. The van der Waals surface area contributed by atoms with E-state index < -0.39 is 10.0 Å². The van der Waals surface area contributed by atoms with E-state index in [2.05, 4.69) is 27.8 Å². The van der Waals surface area contributed by atoms with Gasteiger partial charge in [0.05, 0.1) is 24.5 Å². The highest BCUT2D eigenvalue weighted by atomic mass is 127. The molecule has 0 aromatic heterocycles. The van der Waals surface area contributed by atoms with Crippen LogP contribution < -0.4 is 10.6 Å². The molecule has 1 saturated heterocycles. The minimum Gasteiger partial charge on any atom is -0.373 e. The minimum absolute atomic E-state index is 0. The van der Waals surface area contributed by atoms with Crippen molar-refractivity contribution in [1.29, 1.82) is 0 Å². The van der Waals surface area contributed by atoms with E-state index in [1.54, 1.807) is 0 Å². The van der Waals surface area contributed by atoms with Crippen LogP contribution in [0.2, 0.25) is 0 Å². The fourth-order valence-corrected chi connectivity index (χ4v) is 4.53. The number of aliphatic imine (C=N–C) groups is 1. The van der Waals surface area contributed by atoms with Gasteiger partial charge in [0.1, 0.15) is 0 Å². The molecule has 2 unspecified atom stereocenters. The maximum atomic E-state index is 12.6. The van der Waals surface area contributed by atoms with E-state index >= 15 is 0 Å². The number of nitrogens with one attached hydrogen (secondary N) is 2. The van der Waals surface area contributed by atoms with Gasteiger partial charge >= 0.3 is 0 Å². The quantitative estimate of drug-likeness (QED) is 0.308. The maximum Gasteiger partial charge on any atom is 0.216 e. The summed E-state index contributed by atoms with van der Waals surface area (Å²) in [7, 11) is -3.33. The number of sulfonamides is 1. The standard InChI is InChI=1S/C19H32N4O3S.HI/c1-4-20-19(21-11-10-18-8-6-5-7-9-18)22-12-13-27(24,25)23-14-16(2)26-17(3)15-23;/h5-9,16-17H,4,10-15H2,1-3H3,(H2,20,21,22);1H. The number of hydrogen-bond acceptors (Lipinski definition) is 4. The lowest BCUT2D eigenvalue weighted by atomic mass is 10.1. The van der Waals surface area contributed by atoms with Crippen molar-refractivity contribution >= 4 is 40.0 Å². The van der Waals surface area contributed by atoms with E-state index in [9.17, 15) is 8.42 Å². The van der Waals surface area contributed by atoms with Crippen LogP contribution in [0.15, 0.2) is 35.3 Å². The Hall–Kier alpha value is -0.910. The number of halogens is 1. The lowest BCUT2D eigenvalue weighted by Gasteiger charge is -2.34. The summed E-state index contributed by atoms with van der Waals surface area (Å²) in [4.78, 5) is 4.42. The van der Waals surface area contributed by atoms with E-state index in [0.29, 0.717) is 19.0 Å². The van der Waals surface area contributed by atoms with E-state index in [1.807, 2.05) is 39.0 Å². The summed E-state index contributed by atoms with van der Waals surface area (Å²) >= 11 is 0. The lowest BCUT2D eigenvalue weighted by Crippen LogP contribution is -2.49. The minimum atomic E-state index is -3.33. The molecule has 0 spiro atoms. The van der Waals surface area contributed by atoms with Crippen molar-refractivity contribution in [2.45, 2.75) is 39.4 Å². The second kappa shape index (κ2) is 12.6. The molecule has 9 heteroatoms. The van der Waals surface area contributed by atoms with E-state index in [0.717, 1.165) is 19.5 Å². The summed E-state index contributed by atoms with van der Waals surface area (Å²) < 4.78 is 32.3. The van der Waals surface area contributed by atoms with E-state index in [4.69, 9.17) is 4.74 Å². The van der Waals surface area contributed by atoms with Crippen molar-refractivity contribution in [3.63, 3.8) is 0 Å².